The van der Waals surface area contributed by atoms with E-state index in [4.69, 9.17) is 0 Å². The lowest BCUT2D eigenvalue weighted by atomic mass is 9.77. The van der Waals surface area contributed by atoms with Crippen molar-refractivity contribution in [2.24, 2.45) is 5.92 Å². The Balaban J connectivity index is 2.02. The molecular weight excluding hydrogens is 174 g/mol. The maximum absolute atomic E-state index is 11.8. The van der Waals surface area contributed by atoms with Crippen molar-refractivity contribution in [2.45, 2.75) is 51.1 Å². The second kappa shape index (κ2) is 3.85. The molecule has 2 heteroatoms. The van der Waals surface area contributed by atoms with E-state index >= 15 is 0 Å². The first-order chi connectivity index (χ1) is 6.66. The lowest BCUT2D eigenvalue weighted by molar-refractivity contribution is -0.120. The summed E-state index contributed by atoms with van der Waals surface area (Å²) in [5.74, 6) is 0.549. The maximum Gasteiger partial charge on any atom is 0.161 e. The zero-order valence-corrected chi connectivity index (χ0v) is 8.88. The molecule has 0 radical (unpaired) electrons. The summed E-state index contributed by atoms with van der Waals surface area (Å²) in [6, 6.07) is 1.19. The van der Waals surface area contributed by atoms with Gasteiger partial charge in [-0.25, -0.2) is 0 Å². The van der Waals surface area contributed by atoms with E-state index in [-0.39, 0.29) is 5.92 Å². The lowest BCUT2D eigenvalue weighted by Gasteiger charge is -2.39. The minimum Gasteiger partial charge on any atom is -0.311 e. The van der Waals surface area contributed by atoms with Gasteiger partial charge in [-0.3, -0.25) is 4.79 Å². The van der Waals surface area contributed by atoms with E-state index in [1.165, 1.54) is 19.3 Å². The topological polar surface area (TPSA) is 29.1 Å². The van der Waals surface area contributed by atoms with Crippen molar-refractivity contribution >= 4 is 5.78 Å². The highest BCUT2D eigenvalue weighted by Gasteiger charge is 2.34. The summed E-state index contributed by atoms with van der Waals surface area (Å²) >= 11 is 0. The molecule has 0 aliphatic carbocycles. The van der Waals surface area contributed by atoms with Crippen LogP contribution >= 0.6 is 0 Å². The van der Waals surface area contributed by atoms with E-state index in [0.717, 1.165) is 18.4 Å². The average Bonchev–Trinajstić information content (AvgIpc) is 2.15. The first-order valence-electron chi connectivity index (χ1n) is 5.62. The number of rotatable bonds is 2. The van der Waals surface area contributed by atoms with Gasteiger partial charge in [0.1, 0.15) is 0 Å². The van der Waals surface area contributed by atoms with Gasteiger partial charge in [0.25, 0.3) is 0 Å². The fourth-order valence-electron chi connectivity index (χ4n) is 2.83. The van der Waals surface area contributed by atoms with Crippen molar-refractivity contribution in [3.8, 4) is 0 Å². The number of nitrogens with one attached hydrogen (secondary N) is 1. The van der Waals surface area contributed by atoms with Gasteiger partial charge in [-0.1, -0.05) is 13.0 Å². The molecular formula is C12H19NO. The van der Waals surface area contributed by atoms with Gasteiger partial charge in [-0.2, -0.15) is 0 Å². The molecule has 0 spiro atoms. The zero-order chi connectivity index (χ0) is 10.1. The van der Waals surface area contributed by atoms with Gasteiger partial charge in [-0.05, 0) is 38.2 Å². The Morgan fingerprint density at radius 3 is 2.36 bits per heavy atom. The molecule has 0 aromatic heterocycles. The van der Waals surface area contributed by atoms with Crippen LogP contribution in [0.1, 0.15) is 39.0 Å². The summed E-state index contributed by atoms with van der Waals surface area (Å²) in [5.41, 5.74) is 0.731. The molecule has 2 heterocycles. The van der Waals surface area contributed by atoms with Crippen LogP contribution in [0.25, 0.3) is 0 Å². The van der Waals surface area contributed by atoms with Crippen LogP contribution in [0.2, 0.25) is 0 Å². The predicted octanol–water partition coefficient (Wildman–Crippen LogP) is 2.05. The largest absolute Gasteiger partial charge is 0.311 e. The predicted molar refractivity (Wildman–Crippen MR) is 57.1 cm³/mol. The maximum atomic E-state index is 11.8. The fourth-order valence-corrected chi connectivity index (χ4v) is 2.83. The Kier molecular flexibility index (Phi) is 2.73. The van der Waals surface area contributed by atoms with E-state index in [0.29, 0.717) is 17.9 Å². The van der Waals surface area contributed by atoms with Gasteiger partial charge >= 0.3 is 0 Å². The average molecular weight is 193 g/mol. The first-order valence-corrected chi connectivity index (χ1v) is 5.62. The van der Waals surface area contributed by atoms with Crippen LogP contribution in [0.3, 0.4) is 0 Å². The molecule has 14 heavy (non-hydrogen) atoms. The van der Waals surface area contributed by atoms with Crippen molar-refractivity contribution in [1.82, 2.24) is 5.32 Å². The molecule has 2 bridgehead atoms. The number of piperidine rings is 2. The SMILES string of the molecule is C=C(C)C(=O)C1CC2CCCC(C1)N2. The van der Waals surface area contributed by atoms with Gasteiger partial charge in [0, 0.05) is 18.0 Å². The van der Waals surface area contributed by atoms with Crippen molar-refractivity contribution in [3.05, 3.63) is 12.2 Å². The monoisotopic (exact) mass is 193 g/mol. The number of allylic oxidation sites excluding steroid dienone is 1. The van der Waals surface area contributed by atoms with Crippen LogP contribution in [-0.2, 0) is 4.79 Å². The van der Waals surface area contributed by atoms with Crippen LogP contribution in [-0.4, -0.2) is 17.9 Å². The molecule has 0 amide bonds. The third kappa shape index (κ3) is 1.90. The summed E-state index contributed by atoms with van der Waals surface area (Å²) in [6.45, 7) is 5.59. The molecule has 0 aromatic carbocycles. The van der Waals surface area contributed by atoms with E-state index in [9.17, 15) is 4.79 Å². The minimum atomic E-state index is 0.254. The van der Waals surface area contributed by atoms with Crippen molar-refractivity contribution in [1.29, 1.82) is 0 Å². The molecule has 2 nitrogen and oxygen atoms in total. The highest BCUT2D eigenvalue weighted by Crippen LogP contribution is 2.31. The van der Waals surface area contributed by atoms with Crippen LogP contribution in [0.5, 0.6) is 0 Å². The molecule has 0 aromatic rings. The van der Waals surface area contributed by atoms with Gasteiger partial charge < -0.3 is 5.32 Å². The van der Waals surface area contributed by atoms with Gasteiger partial charge in [0.2, 0.25) is 0 Å². The summed E-state index contributed by atoms with van der Waals surface area (Å²) in [4.78, 5) is 11.8. The van der Waals surface area contributed by atoms with Crippen molar-refractivity contribution in [3.63, 3.8) is 0 Å². The van der Waals surface area contributed by atoms with Crippen molar-refractivity contribution in [2.75, 3.05) is 0 Å². The van der Waals surface area contributed by atoms with Gasteiger partial charge in [-0.15, -0.1) is 0 Å². The highest BCUT2D eigenvalue weighted by atomic mass is 16.1. The Hall–Kier alpha value is -0.630. The fraction of sp³-hybridized carbons (Fsp3) is 0.750. The molecule has 78 valence electrons. The third-order valence-electron chi connectivity index (χ3n) is 3.51. The standard InChI is InChI=1S/C12H19NO/c1-8(2)12(14)9-6-10-4-3-5-11(7-9)13-10/h9-11,13H,1,3-7H2,2H3. The molecule has 2 saturated heterocycles. The number of carbonyl (C=O) groups excluding carboxylic acids is 1. The number of carbonyl (C=O) groups is 1. The molecule has 2 aliphatic heterocycles. The summed E-state index contributed by atoms with van der Waals surface area (Å²) in [5, 5.41) is 3.59. The number of ketones is 1. The van der Waals surface area contributed by atoms with E-state index in [1.54, 1.807) is 0 Å². The Labute approximate surface area is 85.8 Å². The van der Waals surface area contributed by atoms with Crippen LogP contribution < -0.4 is 5.32 Å². The lowest BCUT2D eigenvalue weighted by Crippen LogP contribution is -2.50. The third-order valence-corrected chi connectivity index (χ3v) is 3.51. The summed E-state index contributed by atoms with van der Waals surface area (Å²) in [7, 11) is 0. The first kappa shape index (κ1) is 9.91. The summed E-state index contributed by atoms with van der Waals surface area (Å²) in [6.07, 6.45) is 5.88. The molecule has 2 rings (SSSR count). The summed E-state index contributed by atoms with van der Waals surface area (Å²) < 4.78 is 0. The second-order valence-corrected chi connectivity index (χ2v) is 4.80. The molecule has 2 aliphatic rings. The number of hydrogen-bond donors (Lipinski definition) is 1. The Morgan fingerprint density at radius 2 is 1.86 bits per heavy atom. The van der Waals surface area contributed by atoms with E-state index in [1.807, 2.05) is 6.92 Å². The number of Topliss-reactive ketones (excluding diaryl/α,β-unsaturated/α-hetero) is 1. The quantitative estimate of drug-likeness (QED) is 0.680. The molecule has 1 N–H and O–H groups in total. The molecule has 2 unspecified atom stereocenters. The Morgan fingerprint density at radius 1 is 1.29 bits per heavy atom. The Bertz CT molecular complexity index is 247. The highest BCUT2D eigenvalue weighted by molar-refractivity contribution is 5.96. The minimum absolute atomic E-state index is 0.254. The molecule has 2 atom stereocenters. The second-order valence-electron chi connectivity index (χ2n) is 4.80. The molecule has 2 fully saturated rings. The number of fused-ring (bicyclic) bond motifs is 2. The number of hydrogen-bond acceptors (Lipinski definition) is 2. The zero-order valence-electron chi connectivity index (χ0n) is 8.88. The van der Waals surface area contributed by atoms with Crippen LogP contribution in [0.4, 0.5) is 0 Å². The van der Waals surface area contributed by atoms with Crippen LogP contribution in [0.15, 0.2) is 12.2 Å². The smallest absolute Gasteiger partial charge is 0.161 e. The van der Waals surface area contributed by atoms with E-state index in [2.05, 4.69) is 11.9 Å². The van der Waals surface area contributed by atoms with Gasteiger partial charge in [0.15, 0.2) is 5.78 Å². The normalized spacial score (nSPS) is 36.5. The molecule has 0 saturated carbocycles. The van der Waals surface area contributed by atoms with Crippen molar-refractivity contribution < 1.29 is 4.79 Å². The van der Waals surface area contributed by atoms with Crippen LogP contribution in [0, 0.1) is 5.92 Å². The van der Waals surface area contributed by atoms with Gasteiger partial charge in [0.05, 0.1) is 0 Å². The van der Waals surface area contributed by atoms with E-state index < -0.39 is 0 Å².